The molecule has 10 amide bonds. The Morgan fingerprint density at radius 1 is 0.487 bits per heavy atom. The second-order valence-corrected chi connectivity index (χ2v) is 22.0. The number of rotatable bonds is 15. The minimum absolute atomic E-state index is 0.0703. The van der Waals surface area contributed by atoms with E-state index in [1.165, 1.54) is 0 Å². The highest BCUT2D eigenvalue weighted by Gasteiger charge is 2.48. The molecule has 19 heteroatoms. The molecule has 80 heavy (non-hydrogen) atoms. The molecule has 7 N–H and O–H groups in total. The summed E-state index contributed by atoms with van der Waals surface area (Å²) in [7, 11) is 1.65. The molecule has 0 radical (unpaired) electrons. The third kappa shape index (κ3) is 13.4. The number of amides is 10. The molecule has 4 aromatic rings. The van der Waals surface area contributed by atoms with Crippen molar-refractivity contribution in [3.63, 3.8) is 0 Å². The van der Waals surface area contributed by atoms with Gasteiger partial charge in [0, 0.05) is 43.7 Å². The molecule has 424 valence electrons. The lowest BCUT2D eigenvalue weighted by atomic mass is 9.91. The van der Waals surface area contributed by atoms with Crippen LogP contribution in [0, 0.1) is 0 Å². The number of benzene rings is 4. The normalized spacial score (nSPS) is 24.5. The predicted octanol–water partition coefficient (Wildman–Crippen LogP) is 4.65. The molecule has 7 atom stereocenters. The molecule has 1 saturated carbocycles. The third-order valence-corrected chi connectivity index (χ3v) is 16.8. The van der Waals surface area contributed by atoms with Crippen LogP contribution in [0.25, 0.3) is 0 Å². The molecule has 1 aliphatic carbocycles. The van der Waals surface area contributed by atoms with Crippen molar-refractivity contribution in [2.45, 2.75) is 151 Å². The van der Waals surface area contributed by atoms with Crippen molar-refractivity contribution in [1.82, 2.24) is 56.8 Å². The topological polar surface area (TPSA) is 234 Å². The van der Waals surface area contributed by atoms with Crippen molar-refractivity contribution in [3.8, 4) is 0 Å². The van der Waals surface area contributed by atoms with Gasteiger partial charge < -0.3 is 56.8 Å². The SMILES string of the molecule is CCC(=O)N[C@H]1CN(C(=O)NC2CCC(NC(=O)N3CC[C@H]4CC[C@@H](C(=O)NC(c5ccccc5)c5ccccc5)N4C(=O)[C@@H](NC(=O)[C@H](C)NC)C3)CC2)CC[C@H]2CCC(C(=O)NC(c3ccccc3)c3ccccc3)N2C1=O. The zero-order valence-corrected chi connectivity index (χ0v) is 46.1. The van der Waals surface area contributed by atoms with E-state index in [1.807, 2.05) is 121 Å². The summed E-state index contributed by atoms with van der Waals surface area (Å²) in [6, 6.07) is 31.7. The van der Waals surface area contributed by atoms with Crippen molar-refractivity contribution in [1.29, 1.82) is 0 Å². The highest BCUT2D eigenvalue weighted by molar-refractivity contribution is 5.95. The summed E-state index contributed by atoms with van der Waals surface area (Å²) >= 11 is 0. The number of hydrogen-bond donors (Lipinski definition) is 7. The van der Waals surface area contributed by atoms with Gasteiger partial charge in [0.1, 0.15) is 24.2 Å². The van der Waals surface area contributed by atoms with Crippen LogP contribution in [-0.2, 0) is 28.8 Å². The fourth-order valence-corrected chi connectivity index (χ4v) is 12.3. The van der Waals surface area contributed by atoms with Gasteiger partial charge in [-0.25, -0.2) is 9.59 Å². The van der Waals surface area contributed by atoms with Crippen molar-refractivity contribution in [2.75, 3.05) is 33.2 Å². The van der Waals surface area contributed by atoms with Crippen LogP contribution < -0.4 is 37.2 Å². The fraction of sp³-hybridized carbons (Fsp3) is 0.475. The van der Waals surface area contributed by atoms with Gasteiger partial charge in [0.25, 0.3) is 0 Å². The van der Waals surface area contributed by atoms with Crippen LogP contribution in [0.4, 0.5) is 9.59 Å². The van der Waals surface area contributed by atoms with Crippen LogP contribution in [0.2, 0.25) is 0 Å². The van der Waals surface area contributed by atoms with Gasteiger partial charge in [-0.15, -0.1) is 0 Å². The molecule has 9 rings (SSSR count). The Balaban J connectivity index is 0.808. The Bertz CT molecular complexity index is 2730. The van der Waals surface area contributed by atoms with Gasteiger partial charge in [0.05, 0.1) is 31.2 Å². The number of urea groups is 2. The minimum atomic E-state index is -1.12. The number of likely N-dealkylation sites (N-methyl/N-ethyl adjacent to an activating group) is 1. The highest BCUT2D eigenvalue weighted by atomic mass is 16.2. The second-order valence-electron chi connectivity index (χ2n) is 22.0. The molecule has 1 unspecified atom stereocenters. The summed E-state index contributed by atoms with van der Waals surface area (Å²) in [4.78, 5) is 119. The molecule has 4 aromatic carbocycles. The van der Waals surface area contributed by atoms with Crippen LogP contribution in [-0.4, -0.2) is 155 Å². The molecule has 0 bridgehead atoms. The van der Waals surface area contributed by atoms with E-state index in [0.29, 0.717) is 70.8 Å². The third-order valence-electron chi connectivity index (χ3n) is 16.8. The molecule has 5 aliphatic rings. The Hall–Kier alpha value is -7.80. The van der Waals surface area contributed by atoms with Gasteiger partial charge in [-0.1, -0.05) is 128 Å². The van der Waals surface area contributed by atoms with Crippen LogP contribution >= 0.6 is 0 Å². The quantitative estimate of drug-likeness (QED) is 0.0878. The van der Waals surface area contributed by atoms with Crippen molar-refractivity contribution in [2.24, 2.45) is 0 Å². The molecule has 4 aliphatic heterocycles. The second kappa shape index (κ2) is 26.4. The summed E-state index contributed by atoms with van der Waals surface area (Å²) in [5, 5.41) is 21.5. The van der Waals surface area contributed by atoms with E-state index in [-0.39, 0.29) is 80.0 Å². The zero-order valence-electron chi connectivity index (χ0n) is 46.1. The number of fused-ring (bicyclic) bond motifs is 2. The Labute approximate surface area is 468 Å². The maximum Gasteiger partial charge on any atom is 0.317 e. The number of hydrogen-bond acceptors (Lipinski definition) is 9. The van der Waals surface area contributed by atoms with Crippen molar-refractivity contribution in [3.05, 3.63) is 144 Å². The summed E-state index contributed by atoms with van der Waals surface area (Å²) in [5.41, 5.74) is 3.62. The first-order chi connectivity index (χ1) is 38.8. The first kappa shape index (κ1) is 56.9. The zero-order chi connectivity index (χ0) is 56.3. The van der Waals surface area contributed by atoms with E-state index in [2.05, 4.69) is 37.2 Å². The number of nitrogens with one attached hydrogen (secondary N) is 7. The minimum Gasteiger partial charge on any atom is -0.343 e. The van der Waals surface area contributed by atoms with Crippen molar-refractivity contribution >= 4 is 47.5 Å². The lowest BCUT2D eigenvalue weighted by Crippen LogP contribution is -2.63. The van der Waals surface area contributed by atoms with Gasteiger partial charge in [-0.3, -0.25) is 28.8 Å². The first-order valence-electron chi connectivity index (χ1n) is 28.6. The van der Waals surface area contributed by atoms with Gasteiger partial charge in [-0.2, -0.15) is 0 Å². The Morgan fingerprint density at radius 3 is 1.20 bits per heavy atom. The number of carbonyl (C=O) groups excluding carboxylic acids is 8. The monoisotopic (exact) mass is 1090 g/mol. The highest BCUT2D eigenvalue weighted by Crippen LogP contribution is 2.34. The number of nitrogens with zero attached hydrogens (tertiary/aromatic N) is 4. The molecule has 0 aromatic heterocycles. The van der Waals surface area contributed by atoms with Gasteiger partial charge in [-0.05, 0) is 100 Å². The van der Waals surface area contributed by atoms with Crippen LogP contribution in [0.15, 0.2) is 121 Å². The molecule has 4 heterocycles. The van der Waals surface area contributed by atoms with Gasteiger partial charge >= 0.3 is 12.1 Å². The smallest absolute Gasteiger partial charge is 0.317 e. The van der Waals surface area contributed by atoms with Gasteiger partial charge in [0.2, 0.25) is 35.4 Å². The van der Waals surface area contributed by atoms with Crippen LogP contribution in [0.5, 0.6) is 0 Å². The maximum absolute atomic E-state index is 14.8. The van der Waals surface area contributed by atoms with Crippen molar-refractivity contribution < 1.29 is 38.4 Å². The number of carbonyl (C=O) groups is 8. The molecule has 0 spiro atoms. The molecular formula is C61H77N11O8. The first-order valence-corrected chi connectivity index (χ1v) is 28.6. The lowest BCUT2D eigenvalue weighted by molar-refractivity contribution is -0.145. The van der Waals surface area contributed by atoms with E-state index in [9.17, 15) is 38.4 Å². The largest absolute Gasteiger partial charge is 0.343 e. The summed E-state index contributed by atoms with van der Waals surface area (Å²) in [6.45, 7) is 3.81. The molecular weight excluding hydrogens is 1010 g/mol. The lowest BCUT2D eigenvalue weighted by Gasteiger charge is -2.40. The van der Waals surface area contributed by atoms with E-state index < -0.39 is 60.0 Å². The Morgan fingerprint density at radius 2 is 0.850 bits per heavy atom. The van der Waals surface area contributed by atoms with Gasteiger partial charge in [0.15, 0.2) is 0 Å². The standard InChI is InChI=1S/C61H77N11O8/c1-4-52(73)65-48-37-69(35-33-46-29-31-50(71(46)58(48)77)56(75)67-53(40-17-9-5-10-18-40)41-19-11-6-12-20-41)60(79)63-44-25-27-45(28-26-44)64-61(80)70-36-34-47-30-32-51(72(47)59(78)49(38-70)66-55(74)39(2)62-3)57(76)68-54(42-21-13-7-14-22-42)43-23-15-8-16-24-43/h5-24,39,44-51,53-54,62H,4,25-38H2,1-3H3,(H,63,79)(H,64,80)(H,65,73)(H,66,74)(H,67,75)(H,68,76)/t39-,44?,45?,46+,47+,48-,49-,50?,51-/m0/s1. The maximum atomic E-state index is 14.8. The van der Waals surface area contributed by atoms with E-state index in [4.69, 9.17) is 0 Å². The van der Waals surface area contributed by atoms with E-state index in [0.717, 1.165) is 22.3 Å². The Kier molecular flexibility index (Phi) is 18.8. The van der Waals surface area contributed by atoms with E-state index >= 15 is 0 Å². The summed E-state index contributed by atoms with van der Waals surface area (Å²) in [5.74, 6) is -2.13. The predicted molar refractivity (Wildman–Crippen MR) is 301 cm³/mol. The average Bonchev–Trinajstić information content (AvgIpc) is 4.16. The average molecular weight is 1090 g/mol. The molecule has 4 saturated heterocycles. The molecule has 19 nitrogen and oxygen atoms in total. The van der Waals surface area contributed by atoms with Crippen LogP contribution in [0.3, 0.4) is 0 Å². The summed E-state index contributed by atoms with van der Waals surface area (Å²) < 4.78 is 0. The van der Waals surface area contributed by atoms with E-state index in [1.54, 1.807) is 40.5 Å². The summed E-state index contributed by atoms with van der Waals surface area (Å²) in [6.07, 6.45) is 5.26. The molecule has 5 fully saturated rings. The fourth-order valence-electron chi connectivity index (χ4n) is 12.3. The van der Waals surface area contributed by atoms with Crippen LogP contribution in [0.1, 0.15) is 119 Å².